The highest BCUT2D eigenvalue weighted by atomic mass is 19.4. The molecule has 0 spiro atoms. The quantitative estimate of drug-likeness (QED) is 0.780. The van der Waals surface area contributed by atoms with E-state index in [9.17, 15) is 17.6 Å². The van der Waals surface area contributed by atoms with Gasteiger partial charge in [-0.1, -0.05) is 18.2 Å². The molecule has 0 saturated carbocycles. The minimum absolute atomic E-state index is 0.231. The molecule has 2 N–H and O–H groups in total. The predicted molar refractivity (Wildman–Crippen MR) is 54.1 cm³/mol. The molecule has 0 amide bonds. The second kappa shape index (κ2) is 4.65. The largest absolute Gasteiger partial charge is 0.419 e. The molecule has 16 heavy (non-hydrogen) atoms. The van der Waals surface area contributed by atoms with Crippen molar-refractivity contribution in [2.45, 2.75) is 19.1 Å². The molecular formula is C11H11F4N. The maximum absolute atomic E-state index is 13.1. The molecule has 0 saturated heterocycles. The van der Waals surface area contributed by atoms with E-state index in [4.69, 9.17) is 5.73 Å². The van der Waals surface area contributed by atoms with Gasteiger partial charge in [-0.05, 0) is 24.6 Å². The van der Waals surface area contributed by atoms with Crippen LogP contribution in [0.4, 0.5) is 17.6 Å². The van der Waals surface area contributed by atoms with E-state index in [1.807, 2.05) is 0 Å². The van der Waals surface area contributed by atoms with Gasteiger partial charge in [-0.2, -0.15) is 13.2 Å². The van der Waals surface area contributed by atoms with Crippen molar-refractivity contribution in [1.29, 1.82) is 0 Å². The van der Waals surface area contributed by atoms with Crippen LogP contribution in [-0.4, -0.2) is 6.04 Å². The van der Waals surface area contributed by atoms with Gasteiger partial charge in [0.05, 0.1) is 5.56 Å². The van der Waals surface area contributed by atoms with Gasteiger partial charge >= 0.3 is 6.18 Å². The van der Waals surface area contributed by atoms with Crippen LogP contribution in [0.2, 0.25) is 0 Å². The highest BCUT2D eigenvalue weighted by molar-refractivity contribution is 5.50. The minimum atomic E-state index is -4.66. The topological polar surface area (TPSA) is 26.0 Å². The van der Waals surface area contributed by atoms with Crippen molar-refractivity contribution in [3.63, 3.8) is 0 Å². The van der Waals surface area contributed by atoms with Gasteiger partial charge < -0.3 is 5.73 Å². The lowest BCUT2D eigenvalue weighted by atomic mass is 10.1. The van der Waals surface area contributed by atoms with E-state index in [-0.39, 0.29) is 6.04 Å². The molecule has 0 aliphatic carbocycles. The SMILES string of the molecule is CC(N)/C=C/c1ccc(C(F)(F)F)c(F)c1. The average Bonchev–Trinajstić information content (AvgIpc) is 2.12. The molecule has 1 nitrogen and oxygen atoms in total. The molecule has 88 valence electrons. The first-order valence-electron chi connectivity index (χ1n) is 4.61. The molecule has 0 fully saturated rings. The molecular weight excluding hydrogens is 222 g/mol. The van der Waals surface area contributed by atoms with Gasteiger partial charge in [-0.3, -0.25) is 0 Å². The van der Waals surface area contributed by atoms with Crippen LogP contribution < -0.4 is 5.73 Å². The van der Waals surface area contributed by atoms with E-state index < -0.39 is 17.6 Å². The zero-order valence-electron chi connectivity index (χ0n) is 8.55. The van der Waals surface area contributed by atoms with Gasteiger partial charge in [0.2, 0.25) is 0 Å². The number of nitrogens with two attached hydrogens (primary N) is 1. The summed E-state index contributed by atoms with van der Waals surface area (Å²) in [5.41, 5.74) is 4.51. The highest BCUT2D eigenvalue weighted by Crippen LogP contribution is 2.31. The lowest BCUT2D eigenvalue weighted by Gasteiger charge is -2.08. The lowest BCUT2D eigenvalue weighted by molar-refractivity contribution is -0.140. The van der Waals surface area contributed by atoms with Crippen LogP contribution in [0.25, 0.3) is 6.08 Å². The van der Waals surface area contributed by atoms with E-state index >= 15 is 0 Å². The van der Waals surface area contributed by atoms with Crippen LogP contribution in [0, 0.1) is 5.82 Å². The van der Waals surface area contributed by atoms with Crippen molar-refractivity contribution >= 4 is 6.08 Å². The lowest BCUT2D eigenvalue weighted by Crippen LogP contribution is -2.10. The summed E-state index contributed by atoms with van der Waals surface area (Å²) in [6, 6.07) is 2.52. The monoisotopic (exact) mass is 233 g/mol. The summed E-state index contributed by atoms with van der Waals surface area (Å²) >= 11 is 0. The number of hydrogen-bond donors (Lipinski definition) is 1. The Labute approximate surface area is 90.6 Å². The van der Waals surface area contributed by atoms with Crippen molar-refractivity contribution in [2.75, 3.05) is 0 Å². The van der Waals surface area contributed by atoms with Crippen LogP contribution in [0.15, 0.2) is 24.3 Å². The van der Waals surface area contributed by atoms with Gasteiger partial charge in [-0.15, -0.1) is 0 Å². The highest BCUT2D eigenvalue weighted by Gasteiger charge is 2.33. The van der Waals surface area contributed by atoms with Crippen LogP contribution >= 0.6 is 0 Å². The molecule has 0 bridgehead atoms. The fourth-order valence-electron chi connectivity index (χ4n) is 1.13. The molecule has 0 aliphatic heterocycles. The van der Waals surface area contributed by atoms with E-state index in [1.165, 1.54) is 12.1 Å². The first kappa shape index (κ1) is 12.7. The molecule has 1 aromatic carbocycles. The van der Waals surface area contributed by atoms with Gasteiger partial charge in [0, 0.05) is 6.04 Å². The third-order valence-electron chi connectivity index (χ3n) is 1.89. The van der Waals surface area contributed by atoms with Crippen molar-refractivity contribution in [3.8, 4) is 0 Å². The summed E-state index contributed by atoms with van der Waals surface area (Å²) in [5.74, 6) is -1.28. The van der Waals surface area contributed by atoms with Crippen molar-refractivity contribution in [1.82, 2.24) is 0 Å². The van der Waals surface area contributed by atoms with Gasteiger partial charge in [0.1, 0.15) is 5.82 Å². The molecule has 0 aliphatic rings. The predicted octanol–water partition coefficient (Wildman–Crippen LogP) is 3.20. The second-order valence-electron chi connectivity index (χ2n) is 3.46. The fraction of sp³-hybridized carbons (Fsp3) is 0.273. The van der Waals surface area contributed by atoms with Gasteiger partial charge in [0.15, 0.2) is 0 Å². The average molecular weight is 233 g/mol. The van der Waals surface area contributed by atoms with Gasteiger partial charge in [0.25, 0.3) is 0 Å². The Morgan fingerprint density at radius 1 is 1.31 bits per heavy atom. The number of halogens is 4. The molecule has 5 heteroatoms. The Bertz CT molecular complexity index is 393. The molecule has 1 aromatic rings. The van der Waals surface area contributed by atoms with E-state index in [2.05, 4.69) is 0 Å². The first-order chi connectivity index (χ1) is 7.30. The minimum Gasteiger partial charge on any atom is -0.325 e. The maximum atomic E-state index is 13.1. The Balaban J connectivity index is 3.00. The molecule has 1 atom stereocenters. The Hall–Kier alpha value is -1.36. The van der Waals surface area contributed by atoms with Crippen molar-refractivity contribution in [3.05, 3.63) is 41.2 Å². The smallest absolute Gasteiger partial charge is 0.325 e. The van der Waals surface area contributed by atoms with Gasteiger partial charge in [-0.25, -0.2) is 4.39 Å². The normalized spacial score (nSPS) is 14.4. The second-order valence-corrected chi connectivity index (χ2v) is 3.46. The zero-order valence-corrected chi connectivity index (χ0v) is 8.55. The molecule has 1 unspecified atom stereocenters. The molecule has 0 radical (unpaired) electrons. The zero-order chi connectivity index (χ0) is 12.3. The number of rotatable bonds is 2. The van der Waals surface area contributed by atoms with Crippen LogP contribution in [0.5, 0.6) is 0 Å². The van der Waals surface area contributed by atoms with Crippen LogP contribution in [0.3, 0.4) is 0 Å². The summed E-state index contributed by atoms with van der Waals surface area (Å²) in [5, 5.41) is 0. The van der Waals surface area contributed by atoms with E-state index in [0.717, 1.165) is 12.1 Å². The number of alkyl halides is 3. The Morgan fingerprint density at radius 3 is 2.38 bits per heavy atom. The summed E-state index contributed by atoms with van der Waals surface area (Å²) < 4.78 is 49.7. The first-order valence-corrected chi connectivity index (χ1v) is 4.61. The summed E-state index contributed by atoms with van der Waals surface area (Å²) in [6.45, 7) is 1.71. The molecule has 0 aromatic heterocycles. The standard InChI is InChI=1S/C11H11F4N/c1-7(16)2-3-8-4-5-9(10(12)6-8)11(13,14)15/h2-7H,16H2,1H3/b3-2+. The Kier molecular flexibility index (Phi) is 3.70. The third kappa shape index (κ3) is 3.34. The van der Waals surface area contributed by atoms with E-state index in [0.29, 0.717) is 5.56 Å². The summed E-state index contributed by atoms with van der Waals surface area (Å²) in [6.07, 6.45) is -1.61. The van der Waals surface area contributed by atoms with Crippen molar-refractivity contribution in [2.24, 2.45) is 5.73 Å². The van der Waals surface area contributed by atoms with E-state index in [1.54, 1.807) is 13.0 Å². The Morgan fingerprint density at radius 2 is 1.94 bits per heavy atom. The number of benzene rings is 1. The third-order valence-corrected chi connectivity index (χ3v) is 1.89. The maximum Gasteiger partial charge on any atom is 0.419 e. The van der Waals surface area contributed by atoms with Crippen molar-refractivity contribution < 1.29 is 17.6 Å². The summed E-state index contributed by atoms with van der Waals surface area (Å²) in [7, 11) is 0. The summed E-state index contributed by atoms with van der Waals surface area (Å²) in [4.78, 5) is 0. The fourth-order valence-corrected chi connectivity index (χ4v) is 1.13. The van der Waals surface area contributed by atoms with Crippen LogP contribution in [-0.2, 0) is 6.18 Å². The number of hydrogen-bond acceptors (Lipinski definition) is 1. The molecule has 1 rings (SSSR count). The molecule has 0 heterocycles. The van der Waals surface area contributed by atoms with Crippen LogP contribution in [0.1, 0.15) is 18.1 Å².